The zero-order valence-corrected chi connectivity index (χ0v) is 16.0. The van der Waals surface area contributed by atoms with E-state index < -0.39 is 21.4 Å². The Kier molecular flexibility index (Phi) is 4.44. The Labute approximate surface area is 168 Å². The quantitative estimate of drug-likeness (QED) is 0.507. The summed E-state index contributed by atoms with van der Waals surface area (Å²) in [5.74, 6) is -1.24. The molecule has 0 atom stereocenters. The van der Waals surface area contributed by atoms with Crippen molar-refractivity contribution in [2.75, 3.05) is 0 Å². The summed E-state index contributed by atoms with van der Waals surface area (Å²) < 4.78 is 27.0. The van der Waals surface area contributed by atoms with Crippen LogP contribution in [-0.4, -0.2) is 39.2 Å². The van der Waals surface area contributed by atoms with E-state index in [-0.39, 0.29) is 37.2 Å². The first-order valence-electron chi connectivity index (χ1n) is 8.09. The molecule has 0 aliphatic heterocycles. The van der Waals surface area contributed by atoms with Crippen LogP contribution in [0.2, 0.25) is 5.02 Å². The van der Waals surface area contributed by atoms with Gasteiger partial charge in [-0.2, -0.15) is 5.10 Å². The number of benzene rings is 2. The number of hydrogen-bond donors (Lipinski definition) is 2. The highest BCUT2D eigenvalue weighted by atomic mass is 35.5. The smallest absolute Gasteiger partial charge is 0.338 e. The van der Waals surface area contributed by atoms with Crippen molar-refractivity contribution in [2.45, 2.75) is 9.79 Å². The van der Waals surface area contributed by atoms with Crippen LogP contribution in [-0.2, 0) is 9.84 Å². The fourth-order valence-electron chi connectivity index (χ4n) is 2.72. The van der Waals surface area contributed by atoms with Gasteiger partial charge in [0.1, 0.15) is 0 Å². The summed E-state index contributed by atoms with van der Waals surface area (Å²) in [6.07, 6.45) is 2.28. The van der Waals surface area contributed by atoms with Crippen LogP contribution in [0.4, 0.5) is 0 Å². The molecule has 0 saturated carbocycles. The number of H-pyrrole nitrogens is 1. The summed E-state index contributed by atoms with van der Waals surface area (Å²) in [7, 11) is -3.94. The molecule has 146 valence electrons. The number of halogens is 1. The number of carbonyl (C=O) groups is 1. The fourth-order valence-corrected chi connectivity index (χ4v) is 4.51. The molecule has 29 heavy (non-hydrogen) atoms. The molecule has 0 unspecified atom stereocenters. The van der Waals surface area contributed by atoms with E-state index in [4.69, 9.17) is 16.7 Å². The molecule has 0 aliphatic rings. The van der Waals surface area contributed by atoms with Gasteiger partial charge in [-0.1, -0.05) is 23.7 Å². The fraction of sp³-hybridized carbons (Fsp3) is 0. The second kappa shape index (κ2) is 6.83. The lowest BCUT2D eigenvalue weighted by Gasteiger charge is -2.08. The van der Waals surface area contributed by atoms with Gasteiger partial charge in [-0.25, -0.2) is 22.9 Å². The van der Waals surface area contributed by atoms with Crippen molar-refractivity contribution in [1.82, 2.24) is 19.7 Å². The SMILES string of the molecule is O=C(O)c1cnn(-c2nc3cc(S(=O)(=O)c4ccccc4Cl)ccc3c(=O)[nH]2)c1. The van der Waals surface area contributed by atoms with E-state index in [9.17, 15) is 18.0 Å². The molecular formula is C18H11ClN4O5S. The van der Waals surface area contributed by atoms with E-state index >= 15 is 0 Å². The van der Waals surface area contributed by atoms with Crippen LogP contribution in [0.1, 0.15) is 10.4 Å². The summed E-state index contributed by atoms with van der Waals surface area (Å²) >= 11 is 6.03. The Hall–Kier alpha value is -3.50. The number of fused-ring (bicyclic) bond motifs is 1. The number of sulfone groups is 1. The minimum absolute atomic E-state index is 0.0534. The van der Waals surface area contributed by atoms with Crippen LogP contribution in [0.15, 0.2) is 69.4 Å². The maximum atomic E-state index is 12.9. The summed E-state index contributed by atoms with van der Waals surface area (Å²) in [6.45, 7) is 0. The van der Waals surface area contributed by atoms with Crippen molar-refractivity contribution in [3.05, 3.63) is 75.8 Å². The van der Waals surface area contributed by atoms with Crippen molar-refractivity contribution in [2.24, 2.45) is 0 Å². The Morgan fingerprint density at radius 3 is 2.62 bits per heavy atom. The second-order valence-corrected chi connectivity index (χ2v) is 8.31. The van der Waals surface area contributed by atoms with Crippen molar-refractivity contribution >= 4 is 38.3 Å². The molecule has 0 bridgehead atoms. The van der Waals surface area contributed by atoms with Crippen LogP contribution >= 0.6 is 11.6 Å². The number of hydrogen-bond acceptors (Lipinski definition) is 6. The van der Waals surface area contributed by atoms with Gasteiger partial charge in [0.2, 0.25) is 15.8 Å². The molecule has 4 aromatic rings. The normalized spacial score (nSPS) is 11.6. The zero-order chi connectivity index (χ0) is 20.8. The molecule has 9 nitrogen and oxygen atoms in total. The molecule has 0 amide bonds. The third-order valence-electron chi connectivity index (χ3n) is 4.15. The lowest BCUT2D eigenvalue weighted by Crippen LogP contribution is -2.14. The van der Waals surface area contributed by atoms with Gasteiger partial charge in [0.15, 0.2) is 0 Å². The monoisotopic (exact) mass is 430 g/mol. The van der Waals surface area contributed by atoms with Gasteiger partial charge in [-0.15, -0.1) is 0 Å². The largest absolute Gasteiger partial charge is 0.478 e. The van der Waals surface area contributed by atoms with E-state index in [2.05, 4.69) is 15.1 Å². The van der Waals surface area contributed by atoms with Crippen molar-refractivity contribution in [3.63, 3.8) is 0 Å². The third-order valence-corrected chi connectivity index (χ3v) is 6.40. The van der Waals surface area contributed by atoms with Crippen LogP contribution in [0.25, 0.3) is 16.9 Å². The first-order chi connectivity index (χ1) is 13.8. The molecule has 0 saturated heterocycles. The van der Waals surface area contributed by atoms with E-state index in [0.29, 0.717) is 0 Å². The highest BCUT2D eigenvalue weighted by Gasteiger charge is 2.21. The molecule has 2 heterocycles. The average molecular weight is 431 g/mol. The highest BCUT2D eigenvalue weighted by Crippen LogP contribution is 2.28. The van der Waals surface area contributed by atoms with E-state index in [1.807, 2.05) is 0 Å². The van der Waals surface area contributed by atoms with Gasteiger partial charge in [0.05, 0.1) is 37.5 Å². The minimum atomic E-state index is -3.94. The number of nitrogens with one attached hydrogen (secondary N) is 1. The summed E-state index contributed by atoms with van der Waals surface area (Å²) in [6, 6.07) is 9.93. The number of aromatic carboxylic acids is 1. The summed E-state index contributed by atoms with van der Waals surface area (Å²) in [5, 5.41) is 13.1. The van der Waals surface area contributed by atoms with Gasteiger partial charge in [0.25, 0.3) is 5.56 Å². The zero-order valence-electron chi connectivity index (χ0n) is 14.4. The molecule has 2 N–H and O–H groups in total. The maximum absolute atomic E-state index is 12.9. The van der Waals surface area contributed by atoms with Gasteiger partial charge >= 0.3 is 5.97 Å². The molecule has 0 fully saturated rings. The molecule has 2 aromatic carbocycles. The molecule has 2 aromatic heterocycles. The van der Waals surface area contributed by atoms with Crippen LogP contribution < -0.4 is 5.56 Å². The van der Waals surface area contributed by atoms with Crippen molar-refractivity contribution in [1.29, 1.82) is 0 Å². The predicted octanol–water partition coefficient (Wildman–Crippen LogP) is 2.29. The summed E-state index contributed by atoms with van der Waals surface area (Å²) in [4.78, 5) is 30.0. The Morgan fingerprint density at radius 1 is 1.17 bits per heavy atom. The Morgan fingerprint density at radius 2 is 1.93 bits per heavy atom. The standard InChI is InChI=1S/C18H11ClN4O5S/c19-13-3-1-2-4-15(13)29(27,28)11-5-6-12-14(7-11)21-18(22-16(12)24)23-9-10(8-20-23)17(25)26/h1-9H,(H,25,26)(H,21,22,24). The number of nitrogens with zero attached hydrogens (tertiary/aromatic N) is 3. The van der Waals surface area contributed by atoms with E-state index in [1.54, 1.807) is 12.1 Å². The number of aromatic nitrogens is 4. The third kappa shape index (κ3) is 3.28. The Bertz CT molecular complexity index is 1440. The molecule has 0 aliphatic carbocycles. The lowest BCUT2D eigenvalue weighted by molar-refractivity contribution is 0.0697. The maximum Gasteiger partial charge on any atom is 0.338 e. The lowest BCUT2D eigenvalue weighted by atomic mass is 10.2. The second-order valence-electron chi connectivity index (χ2n) is 5.98. The van der Waals surface area contributed by atoms with Gasteiger partial charge in [-0.3, -0.25) is 9.78 Å². The minimum Gasteiger partial charge on any atom is -0.478 e. The summed E-state index contributed by atoms with van der Waals surface area (Å²) in [5.41, 5.74) is -0.522. The van der Waals surface area contributed by atoms with Gasteiger partial charge < -0.3 is 5.11 Å². The van der Waals surface area contributed by atoms with Crippen molar-refractivity contribution in [3.8, 4) is 5.95 Å². The van der Waals surface area contributed by atoms with Gasteiger partial charge in [-0.05, 0) is 30.3 Å². The Balaban J connectivity index is 1.88. The first kappa shape index (κ1) is 18.8. The number of carboxylic acid groups (broad SMARTS) is 1. The molecule has 0 spiro atoms. The van der Waals surface area contributed by atoms with Crippen LogP contribution in [0.3, 0.4) is 0 Å². The first-order valence-corrected chi connectivity index (χ1v) is 9.95. The predicted molar refractivity (Wildman–Crippen MR) is 103 cm³/mol. The van der Waals surface area contributed by atoms with Gasteiger partial charge in [0, 0.05) is 6.20 Å². The van der Waals surface area contributed by atoms with Crippen LogP contribution in [0.5, 0.6) is 0 Å². The average Bonchev–Trinajstić information content (AvgIpc) is 3.18. The molecule has 11 heteroatoms. The van der Waals surface area contributed by atoms with Crippen LogP contribution in [0, 0.1) is 0 Å². The molecule has 0 radical (unpaired) electrons. The molecular weight excluding hydrogens is 420 g/mol. The number of aromatic amines is 1. The topological polar surface area (TPSA) is 135 Å². The number of rotatable bonds is 4. The van der Waals surface area contributed by atoms with E-state index in [1.165, 1.54) is 36.5 Å². The number of carboxylic acids is 1. The van der Waals surface area contributed by atoms with E-state index in [0.717, 1.165) is 10.9 Å². The van der Waals surface area contributed by atoms with Crippen molar-refractivity contribution < 1.29 is 18.3 Å². The molecule has 4 rings (SSSR count). The highest BCUT2D eigenvalue weighted by molar-refractivity contribution is 7.91.